The summed E-state index contributed by atoms with van der Waals surface area (Å²) in [6, 6.07) is 21.9. The fourth-order valence-electron chi connectivity index (χ4n) is 3.63. The fraction of sp³-hybridized carbons (Fsp3) is 0.208. The molecule has 3 nitrogen and oxygen atoms in total. The van der Waals surface area contributed by atoms with Crippen molar-refractivity contribution >= 4 is 17.3 Å². The largest absolute Gasteiger partial charge is 0.360 e. The molecule has 0 saturated heterocycles. The van der Waals surface area contributed by atoms with Gasteiger partial charge in [-0.2, -0.15) is 0 Å². The van der Waals surface area contributed by atoms with Crippen molar-refractivity contribution in [3.63, 3.8) is 0 Å². The molecule has 1 N–H and O–H groups in total. The van der Waals surface area contributed by atoms with Crippen molar-refractivity contribution in [3.05, 3.63) is 95.3 Å². The molecule has 4 rings (SSSR count). The van der Waals surface area contributed by atoms with E-state index in [1.807, 2.05) is 42.5 Å². The summed E-state index contributed by atoms with van der Waals surface area (Å²) in [6.45, 7) is 2.17. The fourth-order valence-corrected chi connectivity index (χ4v) is 3.63. The summed E-state index contributed by atoms with van der Waals surface area (Å²) >= 11 is 0. The van der Waals surface area contributed by atoms with E-state index < -0.39 is 6.17 Å². The number of nitrogens with one attached hydrogen (secondary N) is 1. The number of nitrogens with zero attached hydrogens (tertiary/aromatic N) is 1. The Hall–Kier alpha value is -3.14. The lowest BCUT2D eigenvalue weighted by Gasteiger charge is -2.38. The van der Waals surface area contributed by atoms with Crippen molar-refractivity contribution in [1.82, 2.24) is 0 Å². The van der Waals surface area contributed by atoms with E-state index >= 15 is 0 Å². The van der Waals surface area contributed by atoms with E-state index in [1.165, 1.54) is 17.7 Å². The maximum Gasteiger partial charge on any atom is 0.262 e. The molecule has 3 aromatic rings. The van der Waals surface area contributed by atoms with Gasteiger partial charge < -0.3 is 5.32 Å². The average molecular weight is 374 g/mol. The van der Waals surface area contributed by atoms with Gasteiger partial charge in [0.2, 0.25) is 0 Å². The van der Waals surface area contributed by atoms with Crippen molar-refractivity contribution < 1.29 is 9.18 Å². The van der Waals surface area contributed by atoms with E-state index in [1.54, 1.807) is 11.0 Å². The third kappa shape index (κ3) is 3.50. The molecule has 142 valence electrons. The second kappa shape index (κ2) is 7.85. The first-order valence-corrected chi connectivity index (χ1v) is 9.71. The molecule has 4 heteroatoms. The topological polar surface area (TPSA) is 32.3 Å². The van der Waals surface area contributed by atoms with Gasteiger partial charge in [-0.1, -0.05) is 49.7 Å². The molecule has 0 fully saturated rings. The van der Waals surface area contributed by atoms with Crippen LogP contribution in [0, 0.1) is 5.82 Å². The van der Waals surface area contributed by atoms with Crippen LogP contribution in [0.3, 0.4) is 0 Å². The highest BCUT2D eigenvalue weighted by Crippen LogP contribution is 2.36. The number of fused-ring (bicyclic) bond motifs is 1. The number of unbranched alkanes of at least 4 members (excludes halogenated alkanes) is 1. The van der Waals surface area contributed by atoms with Crippen LogP contribution >= 0.6 is 0 Å². The number of anilines is 2. The van der Waals surface area contributed by atoms with Crippen LogP contribution in [0.2, 0.25) is 0 Å². The molecular weight excluding hydrogens is 351 g/mol. The van der Waals surface area contributed by atoms with Crippen LogP contribution in [0.15, 0.2) is 72.8 Å². The van der Waals surface area contributed by atoms with E-state index in [2.05, 4.69) is 24.4 Å². The van der Waals surface area contributed by atoms with E-state index in [9.17, 15) is 9.18 Å². The van der Waals surface area contributed by atoms with Crippen LogP contribution in [-0.2, 0) is 6.42 Å². The summed E-state index contributed by atoms with van der Waals surface area (Å²) in [4.78, 5) is 15.0. The summed E-state index contributed by atoms with van der Waals surface area (Å²) in [6.07, 6.45) is 2.84. The highest BCUT2D eigenvalue weighted by molar-refractivity contribution is 6.12. The van der Waals surface area contributed by atoms with Crippen LogP contribution < -0.4 is 10.2 Å². The van der Waals surface area contributed by atoms with E-state index in [0.717, 1.165) is 30.6 Å². The zero-order chi connectivity index (χ0) is 19.5. The number of amides is 1. The lowest BCUT2D eigenvalue weighted by molar-refractivity contribution is 0.0975. The van der Waals surface area contributed by atoms with Gasteiger partial charge in [0.25, 0.3) is 5.91 Å². The van der Waals surface area contributed by atoms with Gasteiger partial charge in [0.05, 0.1) is 5.56 Å². The zero-order valence-electron chi connectivity index (χ0n) is 15.9. The smallest absolute Gasteiger partial charge is 0.262 e. The minimum atomic E-state index is -0.473. The summed E-state index contributed by atoms with van der Waals surface area (Å²) < 4.78 is 13.9. The van der Waals surface area contributed by atoms with Crippen molar-refractivity contribution in [3.8, 4) is 0 Å². The van der Waals surface area contributed by atoms with Gasteiger partial charge in [-0.25, -0.2) is 4.39 Å². The number of hydrogen-bond donors (Lipinski definition) is 1. The quantitative estimate of drug-likeness (QED) is 0.599. The van der Waals surface area contributed by atoms with Gasteiger partial charge in [-0.15, -0.1) is 0 Å². The average Bonchev–Trinajstić information content (AvgIpc) is 2.73. The maximum atomic E-state index is 13.9. The maximum absolute atomic E-state index is 13.9. The SMILES string of the molecule is CCCCc1ccc(N2C(=O)c3ccccc3NC2c2cccc(F)c2)cc1. The van der Waals surface area contributed by atoms with Crippen molar-refractivity contribution in [2.24, 2.45) is 0 Å². The van der Waals surface area contributed by atoms with E-state index in [4.69, 9.17) is 0 Å². The number of para-hydroxylation sites is 1. The summed E-state index contributed by atoms with van der Waals surface area (Å²) in [7, 11) is 0. The van der Waals surface area contributed by atoms with Gasteiger partial charge in [0, 0.05) is 11.4 Å². The predicted molar refractivity (Wildman–Crippen MR) is 111 cm³/mol. The Morgan fingerprint density at radius 1 is 1.00 bits per heavy atom. The monoisotopic (exact) mass is 374 g/mol. The van der Waals surface area contributed by atoms with E-state index in [0.29, 0.717) is 11.1 Å². The van der Waals surface area contributed by atoms with Crippen LogP contribution in [0.1, 0.15) is 47.4 Å². The number of hydrogen-bond acceptors (Lipinski definition) is 2. The number of halogens is 1. The third-order valence-electron chi connectivity index (χ3n) is 5.12. The van der Waals surface area contributed by atoms with Crippen LogP contribution in [-0.4, -0.2) is 5.91 Å². The Balaban J connectivity index is 1.75. The Kier molecular flexibility index (Phi) is 5.11. The molecule has 1 aliphatic rings. The molecule has 1 atom stereocenters. The molecule has 0 aromatic heterocycles. The molecule has 28 heavy (non-hydrogen) atoms. The Morgan fingerprint density at radius 2 is 1.79 bits per heavy atom. The third-order valence-corrected chi connectivity index (χ3v) is 5.12. The number of rotatable bonds is 5. The number of aryl methyl sites for hydroxylation is 1. The summed E-state index contributed by atoms with van der Waals surface area (Å²) in [5, 5.41) is 3.41. The first-order valence-electron chi connectivity index (χ1n) is 9.71. The highest BCUT2D eigenvalue weighted by Gasteiger charge is 2.34. The van der Waals surface area contributed by atoms with Crippen LogP contribution in [0.25, 0.3) is 0 Å². The van der Waals surface area contributed by atoms with Gasteiger partial charge in [-0.05, 0) is 60.4 Å². The highest BCUT2D eigenvalue weighted by atomic mass is 19.1. The summed E-state index contributed by atoms with van der Waals surface area (Å²) in [5.74, 6) is -0.412. The second-order valence-electron chi connectivity index (χ2n) is 7.09. The molecule has 1 unspecified atom stereocenters. The molecular formula is C24H23FN2O. The van der Waals surface area contributed by atoms with Crippen molar-refractivity contribution in [1.29, 1.82) is 0 Å². The molecule has 0 aliphatic carbocycles. The molecule has 1 aliphatic heterocycles. The number of carbonyl (C=O) groups is 1. The van der Waals surface area contributed by atoms with Gasteiger partial charge in [0.15, 0.2) is 0 Å². The van der Waals surface area contributed by atoms with Crippen LogP contribution in [0.4, 0.5) is 15.8 Å². The minimum Gasteiger partial charge on any atom is -0.360 e. The number of benzene rings is 3. The lowest BCUT2D eigenvalue weighted by atomic mass is 10.0. The Labute approximate surface area is 164 Å². The predicted octanol–water partition coefficient (Wildman–Crippen LogP) is 5.94. The molecule has 3 aromatic carbocycles. The molecule has 0 saturated carbocycles. The van der Waals surface area contributed by atoms with Crippen LogP contribution in [0.5, 0.6) is 0 Å². The van der Waals surface area contributed by atoms with Crippen molar-refractivity contribution in [2.45, 2.75) is 32.4 Å². The first kappa shape index (κ1) is 18.2. The molecule has 0 spiro atoms. The Morgan fingerprint density at radius 3 is 2.54 bits per heavy atom. The van der Waals surface area contributed by atoms with Gasteiger partial charge in [0.1, 0.15) is 12.0 Å². The minimum absolute atomic E-state index is 0.0927. The molecule has 1 heterocycles. The summed E-state index contributed by atoms with van der Waals surface area (Å²) in [5.41, 5.74) is 4.13. The molecule has 0 radical (unpaired) electrons. The first-order chi connectivity index (χ1) is 13.7. The van der Waals surface area contributed by atoms with Gasteiger partial charge >= 0.3 is 0 Å². The zero-order valence-corrected chi connectivity index (χ0v) is 15.9. The van der Waals surface area contributed by atoms with Gasteiger partial charge in [-0.3, -0.25) is 9.69 Å². The molecule has 0 bridgehead atoms. The second-order valence-corrected chi connectivity index (χ2v) is 7.09. The van der Waals surface area contributed by atoms with Crippen molar-refractivity contribution in [2.75, 3.05) is 10.2 Å². The number of carbonyl (C=O) groups excluding carboxylic acids is 1. The lowest BCUT2D eigenvalue weighted by Crippen LogP contribution is -2.43. The Bertz CT molecular complexity index is 984. The van der Waals surface area contributed by atoms with E-state index in [-0.39, 0.29) is 11.7 Å². The molecule has 1 amide bonds. The normalized spacial score (nSPS) is 15.9. The standard InChI is InChI=1S/C24H23FN2O/c1-2-3-7-17-12-14-20(15-13-17)27-23(18-8-6-9-19(25)16-18)26-22-11-5-4-10-21(22)24(27)28/h4-6,8-16,23,26H,2-3,7H2,1H3.